The summed E-state index contributed by atoms with van der Waals surface area (Å²) >= 11 is 0. The highest BCUT2D eigenvalue weighted by atomic mass is 16.5. The van der Waals surface area contributed by atoms with Crippen LogP contribution in [0.1, 0.15) is 48.4 Å². The summed E-state index contributed by atoms with van der Waals surface area (Å²) in [4.78, 5) is 14.7. The number of aromatic nitrogens is 2. The molecule has 0 aliphatic rings. The third-order valence-electron chi connectivity index (χ3n) is 5.27. The predicted molar refractivity (Wildman–Crippen MR) is 114 cm³/mol. The molecule has 0 bridgehead atoms. The summed E-state index contributed by atoms with van der Waals surface area (Å²) in [6.45, 7) is 8.08. The first-order chi connectivity index (χ1) is 14.1. The van der Waals surface area contributed by atoms with Crippen molar-refractivity contribution in [3.05, 3.63) is 89.7 Å². The first-order valence-corrected chi connectivity index (χ1v) is 10.1. The lowest BCUT2D eigenvalue weighted by Crippen LogP contribution is -2.39. The molecule has 0 aliphatic heterocycles. The molecule has 2 aromatic carbocycles. The van der Waals surface area contributed by atoms with E-state index >= 15 is 0 Å². The van der Waals surface area contributed by atoms with Crippen molar-refractivity contribution in [3.63, 3.8) is 0 Å². The summed E-state index contributed by atoms with van der Waals surface area (Å²) in [6, 6.07) is 22.8. The van der Waals surface area contributed by atoms with Crippen molar-refractivity contribution < 1.29 is 9.53 Å². The van der Waals surface area contributed by atoms with Gasteiger partial charge in [-0.1, -0.05) is 60.7 Å². The van der Waals surface area contributed by atoms with E-state index in [4.69, 9.17) is 4.74 Å². The molecule has 3 rings (SSSR count). The first kappa shape index (κ1) is 20.8. The SMILES string of the molecule is CCOC(=O)c1ccnn1[C@H](C)[C@@H](C)N(Cc1ccccc1)Cc1ccccc1. The lowest BCUT2D eigenvalue weighted by atomic mass is 10.1. The Hall–Kier alpha value is -2.92. The molecule has 1 heterocycles. The highest BCUT2D eigenvalue weighted by Crippen LogP contribution is 2.23. The van der Waals surface area contributed by atoms with Gasteiger partial charge in [-0.05, 0) is 38.0 Å². The summed E-state index contributed by atoms with van der Waals surface area (Å²) in [5.41, 5.74) is 3.01. The zero-order valence-electron chi connectivity index (χ0n) is 17.4. The molecule has 1 aromatic heterocycles. The molecule has 0 aliphatic carbocycles. The van der Waals surface area contributed by atoms with Gasteiger partial charge in [0.2, 0.25) is 0 Å². The van der Waals surface area contributed by atoms with Crippen LogP contribution < -0.4 is 0 Å². The molecular formula is C24H29N3O2. The molecule has 3 aromatic rings. The molecule has 29 heavy (non-hydrogen) atoms. The fourth-order valence-corrected chi connectivity index (χ4v) is 3.49. The molecule has 2 atom stereocenters. The minimum Gasteiger partial charge on any atom is -0.461 e. The predicted octanol–water partition coefficient (Wildman–Crippen LogP) is 4.71. The molecule has 0 saturated heterocycles. The molecular weight excluding hydrogens is 362 g/mol. The summed E-state index contributed by atoms with van der Waals surface area (Å²) < 4.78 is 6.98. The zero-order valence-corrected chi connectivity index (χ0v) is 17.4. The molecule has 0 N–H and O–H groups in total. The number of hydrogen-bond acceptors (Lipinski definition) is 4. The fraction of sp³-hybridized carbons (Fsp3) is 0.333. The number of nitrogens with zero attached hydrogens (tertiary/aromatic N) is 3. The average molecular weight is 392 g/mol. The van der Waals surface area contributed by atoms with E-state index in [0.29, 0.717) is 12.3 Å². The van der Waals surface area contributed by atoms with Gasteiger partial charge in [-0.3, -0.25) is 9.58 Å². The molecule has 0 radical (unpaired) electrons. The van der Waals surface area contributed by atoms with Gasteiger partial charge in [-0.25, -0.2) is 4.79 Å². The molecule has 0 saturated carbocycles. The van der Waals surface area contributed by atoms with E-state index in [0.717, 1.165) is 13.1 Å². The molecule has 5 nitrogen and oxygen atoms in total. The number of ether oxygens (including phenoxy) is 1. The molecule has 152 valence electrons. The Morgan fingerprint density at radius 2 is 1.52 bits per heavy atom. The van der Waals surface area contributed by atoms with Crippen LogP contribution in [-0.4, -0.2) is 33.3 Å². The van der Waals surface area contributed by atoms with E-state index in [9.17, 15) is 4.79 Å². The number of rotatable bonds is 9. The quantitative estimate of drug-likeness (QED) is 0.496. The summed E-state index contributed by atoms with van der Waals surface area (Å²) in [6.07, 6.45) is 1.66. The van der Waals surface area contributed by atoms with Gasteiger partial charge in [0.05, 0.1) is 12.6 Å². The van der Waals surface area contributed by atoms with Crippen molar-refractivity contribution in [2.75, 3.05) is 6.61 Å². The van der Waals surface area contributed by atoms with Crippen molar-refractivity contribution in [2.45, 2.75) is 45.9 Å². The van der Waals surface area contributed by atoms with Gasteiger partial charge in [-0.2, -0.15) is 5.10 Å². The van der Waals surface area contributed by atoms with Gasteiger partial charge in [0.25, 0.3) is 0 Å². The van der Waals surface area contributed by atoms with Crippen LogP contribution in [-0.2, 0) is 17.8 Å². The van der Waals surface area contributed by atoms with Gasteiger partial charge in [0.1, 0.15) is 5.69 Å². The highest BCUT2D eigenvalue weighted by Gasteiger charge is 2.26. The van der Waals surface area contributed by atoms with Crippen LogP contribution in [0.5, 0.6) is 0 Å². The maximum absolute atomic E-state index is 12.3. The Kier molecular flexibility index (Phi) is 7.19. The normalized spacial score (nSPS) is 13.2. The second-order valence-corrected chi connectivity index (χ2v) is 7.24. The third-order valence-corrected chi connectivity index (χ3v) is 5.27. The second kappa shape index (κ2) is 10.0. The number of carbonyl (C=O) groups excluding carboxylic acids is 1. The van der Waals surface area contributed by atoms with E-state index in [1.807, 2.05) is 19.1 Å². The van der Waals surface area contributed by atoms with Crippen LogP contribution in [0.25, 0.3) is 0 Å². The largest absolute Gasteiger partial charge is 0.461 e. The van der Waals surface area contributed by atoms with Crippen LogP contribution in [0.4, 0.5) is 0 Å². The lowest BCUT2D eigenvalue weighted by Gasteiger charge is -2.34. The number of carbonyl (C=O) groups is 1. The molecule has 0 spiro atoms. The Balaban J connectivity index is 1.84. The molecule has 0 amide bonds. The summed E-state index contributed by atoms with van der Waals surface area (Å²) in [5, 5.41) is 4.43. The number of benzene rings is 2. The Morgan fingerprint density at radius 1 is 0.966 bits per heavy atom. The maximum atomic E-state index is 12.3. The minimum atomic E-state index is -0.332. The molecule has 5 heteroatoms. The highest BCUT2D eigenvalue weighted by molar-refractivity contribution is 5.87. The fourth-order valence-electron chi connectivity index (χ4n) is 3.49. The van der Waals surface area contributed by atoms with Crippen LogP contribution in [0.15, 0.2) is 72.9 Å². The minimum absolute atomic E-state index is 0.00293. The van der Waals surface area contributed by atoms with Crippen molar-refractivity contribution in [1.29, 1.82) is 0 Å². The van der Waals surface area contributed by atoms with E-state index in [1.54, 1.807) is 16.9 Å². The van der Waals surface area contributed by atoms with Gasteiger partial charge >= 0.3 is 5.97 Å². The van der Waals surface area contributed by atoms with Crippen LogP contribution in [0, 0.1) is 0 Å². The van der Waals surface area contributed by atoms with Crippen molar-refractivity contribution >= 4 is 5.97 Å². The van der Waals surface area contributed by atoms with Gasteiger partial charge < -0.3 is 4.74 Å². The number of hydrogen-bond donors (Lipinski definition) is 0. The van der Waals surface area contributed by atoms with Crippen LogP contribution in [0.3, 0.4) is 0 Å². The monoisotopic (exact) mass is 391 g/mol. The van der Waals surface area contributed by atoms with Crippen molar-refractivity contribution in [3.8, 4) is 0 Å². The lowest BCUT2D eigenvalue weighted by molar-refractivity contribution is 0.0501. The van der Waals surface area contributed by atoms with E-state index in [2.05, 4.69) is 72.4 Å². The maximum Gasteiger partial charge on any atom is 0.356 e. The smallest absolute Gasteiger partial charge is 0.356 e. The van der Waals surface area contributed by atoms with Gasteiger partial charge in [0.15, 0.2) is 0 Å². The first-order valence-electron chi connectivity index (χ1n) is 10.1. The van der Waals surface area contributed by atoms with Crippen molar-refractivity contribution in [1.82, 2.24) is 14.7 Å². The van der Waals surface area contributed by atoms with E-state index in [-0.39, 0.29) is 18.1 Å². The van der Waals surface area contributed by atoms with Crippen LogP contribution in [0.2, 0.25) is 0 Å². The zero-order chi connectivity index (χ0) is 20.6. The standard InChI is InChI=1S/C24H29N3O2/c1-4-29-24(28)23-15-16-25-27(23)20(3)19(2)26(17-21-11-7-5-8-12-21)18-22-13-9-6-10-14-22/h5-16,19-20H,4,17-18H2,1-3H3/t19-,20-/m1/s1. The van der Waals surface area contributed by atoms with E-state index < -0.39 is 0 Å². The third kappa shape index (κ3) is 5.33. The number of esters is 1. The average Bonchev–Trinajstić information content (AvgIpc) is 3.24. The molecule has 0 unspecified atom stereocenters. The summed E-state index contributed by atoms with van der Waals surface area (Å²) in [7, 11) is 0. The van der Waals surface area contributed by atoms with Gasteiger partial charge in [0, 0.05) is 25.3 Å². The van der Waals surface area contributed by atoms with Crippen LogP contribution >= 0.6 is 0 Å². The van der Waals surface area contributed by atoms with Crippen molar-refractivity contribution in [2.24, 2.45) is 0 Å². The van der Waals surface area contributed by atoms with E-state index in [1.165, 1.54) is 11.1 Å². The summed E-state index contributed by atoms with van der Waals surface area (Å²) in [5.74, 6) is -0.332. The Bertz CT molecular complexity index is 851. The topological polar surface area (TPSA) is 47.4 Å². The Morgan fingerprint density at radius 3 is 2.03 bits per heavy atom. The second-order valence-electron chi connectivity index (χ2n) is 7.24. The Labute approximate surface area is 172 Å². The van der Waals surface area contributed by atoms with Gasteiger partial charge in [-0.15, -0.1) is 0 Å². The molecule has 0 fully saturated rings.